The SMILES string of the molecule is CCOC(=O)c1cccc(NC(=O)C(C)C)c1. The van der Waals surface area contributed by atoms with E-state index in [2.05, 4.69) is 5.32 Å². The second-order valence-corrected chi connectivity index (χ2v) is 3.95. The molecular formula is C13H17NO3. The molecule has 4 heteroatoms. The van der Waals surface area contributed by atoms with Gasteiger partial charge in [-0.15, -0.1) is 0 Å². The Balaban J connectivity index is 2.79. The van der Waals surface area contributed by atoms with Gasteiger partial charge in [-0.1, -0.05) is 19.9 Å². The highest BCUT2D eigenvalue weighted by Crippen LogP contribution is 2.12. The summed E-state index contributed by atoms with van der Waals surface area (Å²) in [6.07, 6.45) is 0. The van der Waals surface area contributed by atoms with E-state index in [4.69, 9.17) is 4.74 Å². The molecule has 4 nitrogen and oxygen atoms in total. The summed E-state index contributed by atoms with van der Waals surface area (Å²) in [5.41, 5.74) is 1.04. The summed E-state index contributed by atoms with van der Waals surface area (Å²) in [5.74, 6) is -0.555. The topological polar surface area (TPSA) is 55.4 Å². The Morgan fingerprint density at radius 2 is 2.06 bits per heavy atom. The lowest BCUT2D eigenvalue weighted by Crippen LogP contribution is -2.18. The number of amides is 1. The first-order valence-electron chi connectivity index (χ1n) is 5.62. The lowest BCUT2D eigenvalue weighted by molar-refractivity contribution is -0.118. The van der Waals surface area contributed by atoms with Crippen LogP contribution in [0.15, 0.2) is 24.3 Å². The number of benzene rings is 1. The van der Waals surface area contributed by atoms with Crippen molar-refractivity contribution < 1.29 is 14.3 Å². The van der Waals surface area contributed by atoms with Crippen LogP contribution < -0.4 is 5.32 Å². The summed E-state index contributed by atoms with van der Waals surface area (Å²) < 4.78 is 4.88. The van der Waals surface area contributed by atoms with E-state index in [1.54, 1.807) is 31.2 Å². The van der Waals surface area contributed by atoms with Crippen molar-refractivity contribution in [3.8, 4) is 0 Å². The van der Waals surface area contributed by atoms with E-state index in [1.807, 2.05) is 13.8 Å². The second kappa shape index (κ2) is 6.03. The zero-order valence-corrected chi connectivity index (χ0v) is 10.3. The van der Waals surface area contributed by atoms with Gasteiger partial charge in [0.25, 0.3) is 0 Å². The van der Waals surface area contributed by atoms with Crippen LogP contribution in [-0.4, -0.2) is 18.5 Å². The third-order valence-corrected chi connectivity index (χ3v) is 2.17. The normalized spacial score (nSPS) is 10.1. The van der Waals surface area contributed by atoms with Gasteiger partial charge in [-0.2, -0.15) is 0 Å². The minimum Gasteiger partial charge on any atom is -0.462 e. The van der Waals surface area contributed by atoms with Crippen LogP contribution >= 0.6 is 0 Å². The van der Waals surface area contributed by atoms with Crippen molar-refractivity contribution in [3.05, 3.63) is 29.8 Å². The van der Waals surface area contributed by atoms with Gasteiger partial charge in [-0.05, 0) is 25.1 Å². The Morgan fingerprint density at radius 3 is 2.65 bits per heavy atom. The number of hydrogen-bond donors (Lipinski definition) is 1. The van der Waals surface area contributed by atoms with Gasteiger partial charge >= 0.3 is 5.97 Å². The molecule has 92 valence electrons. The van der Waals surface area contributed by atoms with E-state index in [0.717, 1.165) is 0 Å². The van der Waals surface area contributed by atoms with Crippen LogP contribution in [-0.2, 0) is 9.53 Å². The quantitative estimate of drug-likeness (QED) is 0.815. The summed E-state index contributed by atoms with van der Waals surface area (Å²) in [6, 6.07) is 6.71. The lowest BCUT2D eigenvalue weighted by atomic mass is 10.1. The maximum Gasteiger partial charge on any atom is 0.338 e. The van der Waals surface area contributed by atoms with Crippen molar-refractivity contribution in [2.45, 2.75) is 20.8 Å². The third kappa shape index (κ3) is 3.90. The van der Waals surface area contributed by atoms with Crippen molar-refractivity contribution in [3.63, 3.8) is 0 Å². The van der Waals surface area contributed by atoms with Crippen molar-refractivity contribution in [1.29, 1.82) is 0 Å². The maximum atomic E-state index is 11.5. The van der Waals surface area contributed by atoms with Gasteiger partial charge in [-0.25, -0.2) is 4.79 Å². The van der Waals surface area contributed by atoms with Crippen LogP contribution in [0, 0.1) is 5.92 Å². The standard InChI is InChI=1S/C13H17NO3/c1-4-17-13(16)10-6-5-7-11(8-10)14-12(15)9(2)3/h5-9H,4H2,1-3H3,(H,14,15). The molecule has 0 unspecified atom stereocenters. The summed E-state index contributed by atoms with van der Waals surface area (Å²) in [4.78, 5) is 23.0. The van der Waals surface area contributed by atoms with Gasteiger partial charge in [0.15, 0.2) is 0 Å². The van der Waals surface area contributed by atoms with E-state index >= 15 is 0 Å². The predicted molar refractivity (Wildman–Crippen MR) is 65.9 cm³/mol. The molecule has 1 N–H and O–H groups in total. The fourth-order valence-corrected chi connectivity index (χ4v) is 1.22. The Morgan fingerprint density at radius 1 is 1.35 bits per heavy atom. The summed E-state index contributed by atoms with van der Waals surface area (Å²) in [5, 5.41) is 2.73. The highest BCUT2D eigenvalue weighted by Gasteiger charge is 2.10. The molecule has 0 spiro atoms. The molecule has 0 heterocycles. The average Bonchev–Trinajstić information content (AvgIpc) is 2.29. The summed E-state index contributed by atoms with van der Waals surface area (Å²) in [6.45, 7) is 5.71. The van der Waals surface area contributed by atoms with Gasteiger partial charge in [0.1, 0.15) is 0 Å². The second-order valence-electron chi connectivity index (χ2n) is 3.95. The fraction of sp³-hybridized carbons (Fsp3) is 0.385. The highest BCUT2D eigenvalue weighted by atomic mass is 16.5. The smallest absolute Gasteiger partial charge is 0.338 e. The first-order chi connectivity index (χ1) is 8.04. The zero-order chi connectivity index (χ0) is 12.8. The number of ether oxygens (including phenoxy) is 1. The lowest BCUT2D eigenvalue weighted by Gasteiger charge is -2.08. The number of carbonyl (C=O) groups is 2. The largest absolute Gasteiger partial charge is 0.462 e. The number of hydrogen-bond acceptors (Lipinski definition) is 3. The summed E-state index contributed by atoms with van der Waals surface area (Å²) in [7, 11) is 0. The molecule has 0 saturated heterocycles. The minimum absolute atomic E-state index is 0.0778. The summed E-state index contributed by atoms with van der Waals surface area (Å²) >= 11 is 0. The Kier molecular flexibility index (Phi) is 4.69. The molecule has 0 saturated carbocycles. The van der Waals surface area contributed by atoms with Crippen LogP contribution in [0.3, 0.4) is 0 Å². The van der Waals surface area contributed by atoms with Crippen LogP contribution in [0.4, 0.5) is 5.69 Å². The molecule has 0 fully saturated rings. The fourth-order valence-electron chi connectivity index (χ4n) is 1.22. The van der Waals surface area contributed by atoms with Gasteiger partial charge in [0.2, 0.25) is 5.91 Å². The number of nitrogens with one attached hydrogen (secondary N) is 1. The molecule has 1 aromatic carbocycles. The number of esters is 1. The van der Waals surface area contributed by atoms with Crippen LogP contribution in [0.2, 0.25) is 0 Å². The molecule has 0 aliphatic rings. The van der Waals surface area contributed by atoms with Gasteiger partial charge in [-0.3, -0.25) is 4.79 Å². The number of rotatable bonds is 4. The van der Waals surface area contributed by atoms with Crippen LogP contribution in [0.25, 0.3) is 0 Å². The molecule has 1 rings (SSSR count). The Bertz CT molecular complexity index is 413. The Labute approximate surface area is 101 Å². The van der Waals surface area contributed by atoms with E-state index in [9.17, 15) is 9.59 Å². The zero-order valence-electron chi connectivity index (χ0n) is 10.3. The van der Waals surface area contributed by atoms with Crippen LogP contribution in [0.5, 0.6) is 0 Å². The molecule has 0 aliphatic carbocycles. The molecule has 0 atom stereocenters. The molecule has 17 heavy (non-hydrogen) atoms. The van der Waals surface area contributed by atoms with Gasteiger partial charge in [0, 0.05) is 11.6 Å². The van der Waals surface area contributed by atoms with Crippen LogP contribution in [0.1, 0.15) is 31.1 Å². The van der Waals surface area contributed by atoms with Crippen molar-refractivity contribution >= 4 is 17.6 Å². The van der Waals surface area contributed by atoms with Gasteiger partial charge < -0.3 is 10.1 Å². The first-order valence-corrected chi connectivity index (χ1v) is 5.62. The van der Waals surface area contributed by atoms with E-state index < -0.39 is 0 Å². The first kappa shape index (κ1) is 13.2. The molecule has 0 radical (unpaired) electrons. The van der Waals surface area contributed by atoms with Crippen molar-refractivity contribution in [2.75, 3.05) is 11.9 Å². The Hall–Kier alpha value is -1.84. The average molecular weight is 235 g/mol. The van der Waals surface area contributed by atoms with E-state index in [0.29, 0.717) is 17.9 Å². The molecular weight excluding hydrogens is 218 g/mol. The number of anilines is 1. The van der Waals surface area contributed by atoms with Crippen molar-refractivity contribution in [1.82, 2.24) is 0 Å². The molecule has 0 bridgehead atoms. The van der Waals surface area contributed by atoms with E-state index in [1.165, 1.54) is 0 Å². The molecule has 0 aromatic heterocycles. The van der Waals surface area contributed by atoms with E-state index in [-0.39, 0.29) is 17.8 Å². The monoisotopic (exact) mass is 235 g/mol. The van der Waals surface area contributed by atoms with Gasteiger partial charge in [0.05, 0.1) is 12.2 Å². The molecule has 0 aliphatic heterocycles. The number of carbonyl (C=O) groups excluding carboxylic acids is 2. The minimum atomic E-state index is -0.381. The third-order valence-electron chi connectivity index (χ3n) is 2.17. The van der Waals surface area contributed by atoms with Crippen molar-refractivity contribution in [2.24, 2.45) is 5.92 Å². The maximum absolute atomic E-state index is 11.5. The predicted octanol–water partition coefficient (Wildman–Crippen LogP) is 2.46. The highest BCUT2D eigenvalue weighted by molar-refractivity contribution is 5.95. The molecule has 1 aromatic rings. The molecule has 1 amide bonds.